The van der Waals surface area contributed by atoms with Gasteiger partial charge in [0.25, 0.3) is 0 Å². The Bertz CT molecular complexity index is 1330. The highest BCUT2D eigenvalue weighted by Crippen LogP contribution is 2.41. The molecule has 6 nitrogen and oxygen atoms in total. The van der Waals surface area contributed by atoms with Crippen LogP contribution in [0.25, 0.3) is 22.3 Å². The van der Waals surface area contributed by atoms with Crippen molar-refractivity contribution in [3.63, 3.8) is 0 Å². The lowest BCUT2D eigenvalue weighted by Gasteiger charge is -2.19. The van der Waals surface area contributed by atoms with Gasteiger partial charge < -0.3 is 4.57 Å². The number of aromatic nitrogens is 2. The van der Waals surface area contributed by atoms with Crippen molar-refractivity contribution in [2.24, 2.45) is 0 Å². The first kappa shape index (κ1) is 23.3. The maximum absolute atomic E-state index is 12.8. The fourth-order valence-electron chi connectivity index (χ4n) is 4.37. The number of fused-ring (bicyclic) bond motifs is 1. The molecule has 1 aliphatic rings. The highest BCUT2D eigenvalue weighted by Gasteiger charge is 2.39. The molecule has 3 aromatic rings. The van der Waals surface area contributed by atoms with Crippen molar-refractivity contribution in [2.45, 2.75) is 62.7 Å². The molecule has 1 fully saturated rings. The Morgan fingerprint density at radius 2 is 1.85 bits per heavy atom. The minimum Gasteiger partial charge on any atom is -0.321 e. The van der Waals surface area contributed by atoms with Crippen LogP contribution >= 0.6 is 0 Å². The zero-order chi connectivity index (χ0) is 24.0. The molecule has 0 bridgehead atoms. The lowest BCUT2D eigenvalue weighted by atomic mass is 10.1. The Balaban J connectivity index is 1.81. The molecular formula is C23H23F3N4O2S. The normalized spacial score (nSPS) is 16.2. The van der Waals surface area contributed by atoms with E-state index >= 15 is 0 Å². The Labute approximate surface area is 190 Å². The summed E-state index contributed by atoms with van der Waals surface area (Å²) in [6, 6.07) is 7.72. The summed E-state index contributed by atoms with van der Waals surface area (Å²) in [5.41, 5.74) is 3.33. The van der Waals surface area contributed by atoms with E-state index in [-0.39, 0.29) is 10.9 Å². The zero-order valence-corrected chi connectivity index (χ0v) is 19.0. The predicted molar refractivity (Wildman–Crippen MR) is 118 cm³/mol. The fourth-order valence-corrected chi connectivity index (χ4v) is 5.60. The Morgan fingerprint density at radius 1 is 1.21 bits per heavy atom. The van der Waals surface area contributed by atoms with Crippen LogP contribution in [0.5, 0.6) is 0 Å². The van der Waals surface area contributed by atoms with Crippen LogP contribution in [-0.2, 0) is 10.0 Å². The summed E-state index contributed by atoms with van der Waals surface area (Å²) >= 11 is 0. The van der Waals surface area contributed by atoms with E-state index in [1.54, 1.807) is 10.9 Å². The molecule has 1 saturated carbocycles. The molecule has 1 atom stereocenters. The van der Waals surface area contributed by atoms with Gasteiger partial charge in [0, 0.05) is 17.6 Å². The molecule has 10 heteroatoms. The number of benzene rings is 1. The number of nitriles is 1. The van der Waals surface area contributed by atoms with E-state index in [9.17, 15) is 26.9 Å². The second kappa shape index (κ2) is 8.47. The molecule has 1 aliphatic carbocycles. The number of aryl methyl sites for hydroxylation is 1. The number of sulfonamides is 1. The van der Waals surface area contributed by atoms with Gasteiger partial charge in [-0.3, -0.25) is 0 Å². The van der Waals surface area contributed by atoms with Gasteiger partial charge in [-0.05, 0) is 56.0 Å². The van der Waals surface area contributed by atoms with Crippen LogP contribution < -0.4 is 4.72 Å². The van der Waals surface area contributed by atoms with E-state index in [1.807, 2.05) is 13.0 Å². The summed E-state index contributed by atoms with van der Waals surface area (Å²) in [7, 11) is -4.37. The molecule has 0 radical (unpaired) electrons. The molecule has 2 aromatic heterocycles. The molecule has 4 rings (SSSR count). The molecule has 0 saturated heterocycles. The summed E-state index contributed by atoms with van der Waals surface area (Å²) < 4.78 is 67.1. The molecule has 33 heavy (non-hydrogen) atoms. The molecular weight excluding hydrogens is 453 g/mol. The zero-order valence-electron chi connectivity index (χ0n) is 18.1. The molecule has 2 heterocycles. The number of alkyl halides is 3. The average molecular weight is 477 g/mol. The van der Waals surface area contributed by atoms with E-state index in [4.69, 9.17) is 0 Å². The molecule has 174 valence electrons. The first-order chi connectivity index (χ1) is 15.5. The minimum atomic E-state index is -4.69. The van der Waals surface area contributed by atoms with Gasteiger partial charge in [0.2, 0.25) is 10.0 Å². The van der Waals surface area contributed by atoms with Gasteiger partial charge in [0.15, 0.2) is 0 Å². The van der Waals surface area contributed by atoms with Crippen molar-refractivity contribution in [3.8, 4) is 17.3 Å². The monoisotopic (exact) mass is 476 g/mol. The lowest BCUT2D eigenvalue weighted by Crippen LogP contribution is -2.42. The third-order valence-electron chi connectivity index (χ3n) is 6.04. The van der Waals surface area contributed by atoms with Crippen LogP contribution in [0.3, 0.4) is 0 Å². The number of rotatable bonds is 5. The summed E-state index contributed by atoms with van der Waals surface area (Å²) in [5, 5.41) is 10.7. The van der Waals surface area contributed by atoms with Crippen molar-refractivity contribution in [1.82, 2.24) is 14.3 Å². The molecule has 1 N–H and O–H groups in total. The van der Waals surface area contributed by atoms with Crippen LogP contribution in [0, 0.1) is 18.3 Å². The quantitative estimate of drug-likeness (QED) is 0.546. The maximum Gasteiger partial charge on any atom is 0.404 e. The number of hydrogen-bond acceptors (Lipinski definition) is 4. The summed E-state index contributed by atoms with van der Waals surface area (Å²) in [6.07, 6.45) is 1.09. The molecule has 0 amide bonds. The highest BCUT2D eigenvalue weighted by atomic mass is 32.2. The van der Waals surface area contributed by atoms with Crippen molar-refractivity contribution in [2.75, 3.05) is 0 Å². The van der Waals surface area contributed by atoms with Crippen LogP contribution in [0.2, 0.25) is 0 Å². The van der Waals surface area contributed by atoms with Crippen LogP contribution in [0.4, 0.5) is 13.2 Å². The van der Waals surface area contributed by atoms with Crippen LogP contribution in [-0.4, -0.2) is 30.2 Å². The van der Waals surface area contributed by atoms with E-state index < -0.39 is 22.2 Å². The second-order valence-corrected chi connectivity index (χ2v) is 10.2. The number of hydrogen-bond donors (Lipinski definition) is 1. The summed E-state index contributed by atoms with van der Waals surface area (Å²) in [5.74, 6) is 0. The number of nitrogens with zero attached hydrogens (tertiary/aromatic N) is 3. The Hall–Kier alpha value is -2.90. The maximum atomic E-state index is 12.8. The van der Waals surface area contributed by atoms with Gasteiger partial charge in [-0.2, -0.15) is 23.2 Å². The van der Waals surface area contributed by atoms with Crippen molar-refractivity contribution >= 4 is 21.1 Å². The summed E-state index contributed by atoms with van der Waals surface area (Å²) in [4.78, 5) is 4.31. The smallest absolute Gasteiger partial charge is 0.321 e. The number of nitrogens with one attached hydrogen (secondary N) is 1. The van der Waals surface area contributed by atoms with E-state index in [1.165, 1.54) is 24.3 Å². The third-order valence-corrected chi connectivity index (χ3v) is 7.60. The van der Waals surface area contributed by atoms with Gasteiger partial charge in [-0.25, -0.2) is 13.4 Å². The topological polar surface area (TPSA) is 87.8 Å². The minimum absolute atomic E-state index is 0.164. The van der Waals surface area contributed by atoms with E-state index in [2.05, 4.69) is 15.6 Å². The Morgan fingerprint density at radius 3 is 2.42 bits per heavy atom. The van der Waals surface area contributed by atoms with Gasteiger partial charge >= 0.3 is 6.18 Å². The third kappa shape index (κ3) is 4.35. The first-order valence-corrected chi connectivity index (χ1v) is 12.1. The molecule has 1 aromatic carbocycles. The van der Waals surface area contributed by atoms with Crippen LogP contribution in [0.15, 0.2) is 41.4 Å². The van der Waals surface area contributed by atoms with Gasteiger partial charge in [0.05, 0.1) is 16.2 Å². The van der Waals surface area contributed by atoms with Gasteiger partial charge in [-0.1, -0.05) is 25.0 Å². The molecule has 0 spiro atoms. The van der Waals surface area contributed by atoms with Crippen molar-refractivity contribution in [3.05, 3.63) is 47.7 Å². The Kier molecular flexibility index (Phi) is 5.97. The number of halogens is 3. The van der Waals surface area contributed by atoms with E-state index in [0.29, 0.717) is 22.5 Å². The fraction of sp³-hybridized carbons (Fsp3) is 0.391. The molecule has 0 unspecified atom stereocenters. The highest BCUT2D eigenvalue weighted by molar-refractivity contribution is 7.89. The molecule has 0 aliphatic heterocycles. The van der Waals surface area contributed by atoms with Crippen molar-refractivity contribution < 1.29 is 21.6 Å². The average Bonchev–Trinajstić information content (AvgIpc) is 3.38. The predicted octanol–water partition coefficient (Wildman–Crippen LogP) is 5.23. The second-order valence-electron chi connectivity index (χ2n) is 8.44. The van der Waals surface area contributed by atoms with Gasteiger partial charge in [0.1, 0.15) is 17.8 Å². The summed E-state index contributed by atoms with van der Waals surface area (Å²) in [6.45, 7) is 2.65. The van der Waals surface area contributed by atoms with Crippen LogP contribution in [0.1, 0.15) is 49.8 Å². The lowest BCUT2D eigenvalue weighted by molar-refractivity contribution is -0.147. The first-order valence-electron chi connectivity index (χ1n) is 10.6. The number of pyridine rings is 1. The largest absolute Gasteiger partial charge is 0.404 e. The van der Waals surface area contributed by atoms with Crippen molar-refractivity contribution in [1.29, 1.82) is 5.26 Å². The SMILES string of the molecule is Cc1cnc2c(c1)c(C#N)c(-c1ccc(S(=O)(=O)N[C@H](C)C(F)(F)F)cc1)n2C1CCCC1. The standard InChI is InChI=1S/C23H23F3N4O2S/c1-14-11-19-20(12-27)21(30(22(19)28-13-14)17-5-3-4-6-17)16-7-9-18(10-8-16)33(31,32)29-15(2)23(24,25)26/h7-11,13,15,17,29H,3-6H2,1-2H3/t15-/m1/s1. The van der Waals surface area contributed by atoms with Gasteiger partial charge in [-0.15, -0.1) is 0 Å². The van der Waals surface area contributed by atoms with E-state index in [0.717, 1.165) is 43.6 Å².